The number of carbonyl (C=O) groups excluding carboxylic acids is 1. The van der Waals surface area contributed by atoms with Gasteiger partial charge in [0.15, 0.2) is 0 Å². The summed E-state index contributed by atoms with van der Waals surface area (Å²) in [6.07, 6.45) is 9.28. The molecule has 2 aliphatic heterocycles. The number of nitrogens with zero attached hydrogens (tertiary/aromatic N) is 6. The van der Waals surface area contributed by atoms with E-state index in [0.717, 1.165) is 37.2 Å². The summed E-state index contributed by atoms with van der Waals surface area (Å²) in [6.45, 7) is 4.85. The van der Waals surface area contributed by atoms with Crippen molar-refractivity contribution in [2.75, 3.05) is 26.2 Å². The highest BCUT2D eigenvalue weighted by Crippen LogP contribution is 2.27. The molecule has 1 amide bonds. The van der Waals surface area contributed by atoms with E-state index >= 15 is 0 Å². The maximum Gasteiger partial charge on any atom is 0.253 e. The third-order valence-electron chi connectivity index (χ3n) is 6.39. The molecule has 0 bridgehead atoms. The van der Waals surface area contributed by atoms with E-state index in [1.54, 1.807) is 10.7 Å². The van der Waals surface area contributed by atoms with Crippen LogP contribution >= 0.6 is 0 Å². The number of hydrogen-bond acceptors (Lipinski definition) is 5. The fourth-order valence-electron chi connectivity index (χ4n) is 4.78. The van der Waals surface area contributed by atoms with Gasteiger partial charge in [-0.05, 0) is 62.5 Å². The van der Waals surface area contributed by atoms with Crippen molar-refractivity contribution < 1.29 is 4.79 Å². The van der Waals surface area contributed by atoms with Crippen LogP contribution in [-0.4, -0.2) is 61.5 Å². The Morgan fingerprint density at radius 3 is 2.63 bits per heavy atom. The van der Waals surface area contributed by atoms with Crippen molar-refractivity contribution >= 4 is 11.7 Å². The zero-order valence-electron chi connectivity index (χ0n) is 17.3. The molecule has 5 rings (SSSR count). The first-order chi connectivity index (χ1) is 14.8. The van der Waals surface area contributed by atoms with Crippen molar-refractivity contribution in [1.29, 1.82) is 0 Å². The van der Waals surface area contributed by atoms with Crippen LogP contribution in [0.2, 0.25) is 0 Å². The number of benzene rings is 1. The predicted octanol–water partition coefficient (Wildman–Crippen LogP) is 3.13. The van der Waals surface area contributed by atoms with Crippen LogP contribution < -0.4 is 0 Å². The zero-order valence-corrected chi connectivity index (χ0v) is 17.3. The summed E-state index contributed by atoms with van der Waals surface area (Å²) in [6, 6.07) is 10.2. The first kappa shape index (κ1) is 19.2. The van der Waals surface area contributed by atoms with Gasteiger partial charge in [-0.25, -0.2) is 9.50 Å². The molecule has 0 radical (unpaired) electrons. The van der Waals surface area contributed by atoms with Crippen LogP contribution in [0.1, 0.15) is 59.6 Å². The smallest absolute Gasteiger partial charge is 0.253 e. The summed E-state index contributed by atoms with van der Waals surface area (Å²) < 4.78 is 1.80. The van der Waals surface area contributed by atoms with Crippen LogP contribution in [0.5, 0.6) is 0 Å². The summed E-state index contributed by atoms with van der Waals surface area (Å²) in [5.41, 5.74) is 3.14. The number of piperidine rings is 2. The molecule has 3 aromatic rings. The maximum absolute atomic E-state index is 13.2. The van der Waals surface area contributed by atoms with Gasteiger partial charge in [-0.2, -0.15) is 10.1 Å². The monoisotopic (exact) mass is 404 g/mol. The van der Waals surface area contributed by atoms with Crippen LogP contribution in [-0.2, 0) is 6.54 Å². The third kappa shape index (κ3) is 3.94. The topological polar surface area (TPSA) is 66.6 Å². The second kappa shape index (κ2) is 8.52. The second-order valence-electron chi connectivity index (χ2n) is 8.47. The van der Waals surface area contributed by atoms with Gasteiger partial charge in [0.25, 0.3) is 11.7 Å². The minimum absolute atomic E-state index is 0.119. The fourth-order valence-corrected chi connectivity index (χ4v) is 4.78. The van der Waals surface area contributed by atoms with Gasteiger partial charge in [0, 0.05) is 37.3 Å². The molecular formula is C23H28N6O. The number of carbonyl (C=O) groups is 1. The number of amides is 1. The molecule has 30 heavy (non-hydrogen) atoms. The highest BCUT2D eigenvalue weighted by Gasteiger charge is 2.27. The molecule has 156 valence electrons. The molecule has 0 spiro atoms. The van der Waals surface area contributed by atoms with Crippen molar-refractivity contribution in [3.05, 3.63) is 59.7 Å². The summed E-state index contributed by atoms with van der Waals surface area (Å²) in [5.74, 6) is 0.974. The Hall–Kier alpha value is -2.80. The first-order valence-corrected chi connectivity index (χ1v) is 11.0. The SMILES string of the molecule is O=C(c1ccc(CN2CCCCC2)cc1)N1CCC[C@@H](c2ccnc3ncnn23)C1. The van der Waals surface area contributed by atoms with Gasteiger partial charge in [-0.15, -0.1) is 0 Å². The minimum atomic E-state index is 0.119. The van der Waals surface area contributed by atoms with Gasteiger partial charge in [0.05, 0.1) is 5.69 Å². The van der Waals surface area contributed by atoms with E-state index in [-0.39, 0.29) is 11.8 Å². The number of likely N-dealkylation sites (tertiary alicyclic amines) is 2. The van der Waals surface area contributed by atoms with E-state index in [1.165, 1.54) is 44.2 Å². The number of rotatable bonds is 4. The molecule has 7 heteroatoms. The molecule has 1 aromatic carbocycles. The van der Waals surface area contributed by atoms with E-state index in [1.807, 2.05) is 23.1 Å². The molecule has 0 aliphatic carbocycles. The Morgan fingerprint density at radius 1 is 0.967 bits per heavy atom. The lowest BCUT2D eigenvalue weighted by molar-refractivity contribution is 0.0705. The van der Waals surface area contributed by atoms with Crippen LogP contribution in [0.3, 0.4) is 0 Å². The zero-order chi connectivity index (χ0) is 20.3. The highest BCUT2D eigenvalue weighted by atomic mass is 16.2. The molecule has 0 unspecified atom stereocenters. The Bertz CT molecular complexity index is 1010. The Morgan fingerprint density at radius 2 is 1.80 bits per heavy atom. The van der Waals surface area contributed by atoms with Gasteiger partial charge in [-0.3, -0.25) is 9.69 Å². The predicted molar refractivity (Wildman–Crippen MR) is 114 cm³/mol. The average molecular weight is 405 g/mol. The number of aromatic nitrogens is 4. The molecule has 2 saturated heterocycles. The Labute approximate surface area is 176 Å². The lowest BCUT2D eigenvalue weighted by Gasteiger charge is -2.33. The maximum atomic E-state index is 13.2. The summed E-state index contributed by atoms with van der Waals surface area (Å²) in [4.78, 5) is 26.1. The molecule has 7 nitrogen and oxygen atoms in total. The lowest BCUT2D eigenvalue weighted by atomic mass is 9.94. The molecule has 2 aromatic heterocycles. The largest absolute Gasteiger partial charge is 0.338 e. The highest BCUT2D eigenvalue weighted by molar-refractivity contribution is 5.94. The fraction of sp³-hybridized carbons (Fsp3) is 0.478. The molecule has 1 atom stereocenters. The molecule has 2 aliphatic rings. The van der Waals surface area contributed by atoms with Gasteiger partial charge in [0.2, 0.25) is 0 Å². The second-order valence-corrected chi connectivity index (χ2v) is 8.47. The normalized spacial score (nSPS) is 20.5. The minimum Gasteiger partial charge on any atom is -0.338 e. The molecule has 0 N–H and O–H groups in total. The molecule has 2 fully saturated rings. The van der Waals surface area contributed by atoms with Crippen molar-refractivity contribution in [2.45, 2.75) is 44.6 Å². The van der Waals surface area contributed by atoms with Crippen LogP contribution in [0.4, 0.5) is 0 Å². The average Bonchev–Trinajstić information content (AvgIpc) is 3.29. The molecular weight excluding hydrogens is 376 g/mol. The van der Waals surface area contributed by atoms with Crippen molar-refractivity contribution in [2.24, 2.45) is 0 Å². The summed E-state index contributed by atoms with van der Waals surface area (Å²) in [5, 5.41) is 4.32. The Kier molecular flexibility index (Phi) is 5.45. The summed E-state index contributed by atoms with van der Waals surface area (Å²) >= 11 is 0. The quantitative estimate of drug-likeness (QED) is 0.668. The van der Waals surface area contributed by atoms with E-state index in [4.69, 9.17) is 0 Å². The lowest BCUT2D eigenvalue weighted by Crippen LogP contribution is -2.39. The molecule has 4 heterocycles. The van der Waals surface area contributed by atoms with Crippen molar-refractivity contribution in [3.8, 4) is 0 Å². The van der Waals surface area contributed by atoms with Crippen molar-refractivity contribution in [3.63, 3.8) is 0 Å². The first-order valence-electron chi connectivity index (χ1n) is 11.0. The Balaban J connectivity index is 1.27. The van der Waals surface area contributed by atoms with Gasteiger partial charge < -0.3 is 4.90 Å². The van der Waals surface area contributed by atoms with Crippen molar-refractivity contribution in [1.82, 2.24) is 29.4 Å². The molecule has 0 saturated carbocycles. The van der Waals surface area contributed by atoms with Gasteiger partial charge in [0.1, 0.15) is 6.33 Å². The van der Waals surface area contributed by atoms with E-state index in [9.17, 15) is 4.79 Å². The van der Waals surface area contributed by atoms with Crippen LogP contribution in [0, 0.1) is 0 Å². The van der Waals surface area contributed by atoms with Gasteiger partial charge in [-0.1, -0.05) is 18.6 Å². The van der Waals surface area contributed by atoms with E-state index in [0.29, 0.717) is 12.3 Å². The van der Waals surface area contributed by atoms with Gasteiger partial charge >= 0.3 is 0 Å². The number of fused-ring (bicyclic) bond motifs is 1. The standard InChI is InChI=1S/C23H28N6O/c30-22(19-8-6-18(7-9-19)15-27-12-2-1-3-13-27)28-14-4-5-20(16-28)21-10-11-24-23-25-17-26-29(21)23/h6-11,17,20H,1-5,12-16H2/t20-/m1/s1. The number of hydrogen-bond donors (Lipinski definition) is 0. The summed E-state index contributed by atoms with van der Waals surface area (Å²) in [7, 11) is 0. The van der Waals surface area contributed by atoms with E-state index in [2.05, 4.69) is 32.1 Å². The third-order valence-corrected chi connectivity index (χ3v) is 6.39. The van der Waals surface area contributed by atoms with Crippen LogP contribution in [0.25, 0.3) is 5.78 Å². The van der Waals surface area contributed by atoms with Crippen LogP contribution in [0.15, 0.2) is 42.9 Å². The van der Waals surface area contributed by atoms with E-state index < -0.39 is 0 Å².